The van der Waals surface area contributed by atoms with Crippen LogP contribution >= 0.6 is 0 Å². The molecule has 0 spiro atoms. The topological polar surface area (TPSA) is 56.0 Å². The Hall–Kier alpha value is -2.29. The van der Waals surface area contributed by atoms with Crippen molar-refractivity contribution >= 4 is 0 Å². The van der Waals surface area contributed by atoms with Crippen LogP contribution in [0.1, 0.15) is 23.6 Å². The summed E-state index contributed by atoms with van der Waals surface area (Å²) in [6, 6.07) is 12.2. The van der Waals surface area contributed by atoms with E-state index in [1.54, 1.807) is 18.2 Å². The highest BCUT2D eigenvalue weighted by Gasteiger charge is 2.26. The highest BCUT2D eigenvalue weighted by atomic mass is 19.1. The number of hydrogen-bond acceptors (Lipinski definition) is 3. The highest BCUT2D eigenvalue weighted by Crippen LogP contribution is 2.23. The van der Waals surface area contributed by atoms with Crippen molar-refractivity contribution in [2.75, 3.05) is 6.54 Å². The summed E-state index contributed by atoms with van der Waals surface area (Å²) in [5.74, 6) is -1.46. The van der Waals surface area contributed by atoms with E-state index in [9.17, 15) is 13.9 Å². The second kappa shape index (κ2) is 6.65. The number of nitrogens with zero attached hydrogens (tertiary/aromatic N) is 1. The molecule has 2 rings (SSSR count). The van der Waals surface area contributed by atoms with E-state index in [-0.39, 0.29) is 12.1 Å². The van der Waals surface area contributed by atoms with E-state index in [1.807, 2.05) is 6.07 Å². The summed E-state index contributed by atoms with van der Waals surface area (Å²) in [5, 5.41) is 22.2. The van der Waals surface area contributed by atoms with Gasteiger partial charge in [0.05, 0.1) is 11.6 Å². The molecule has 0 aliphatic heterocycles. The number of benzene rings is 2. The summed E-state index contributed by atoms with van der Waals surface area (Å²) in [6.45, 7) is 1.98. The van der Waals surface area contributed by atoms with Crippen LogP contribution in [0.25, 0.3) is 0 Å². The lowest BCUT2D eigenvalue weighted by Crippen LogP contribution is -2.36. The summed E-state index contributed by atoms with van der Waals surface area (Å²) in [6.07, 6.45) is 0. The van der Waals surface area contributed by atoms with E-state index >= 15 is 0 Å². The third-order valence-corrected chi connectivity index (χ3v) is 3.37. The Morgan fingerprint density at radius 3 is 2.68 bits per heavy atom. The van der Waals surface area contributed by atoms with Crippen LogP contribution in [0.3, 0.4) is 0 Å². The number of nitrogens with one attached hydrogen (secondary N) is 1. The second-order valence-electron chi connectivity index (χ2n) is 5.31. The monoisotopic (exact) mass is 302 g/mol. The zero-order valence-corrected chi connectivity index (χ0v) is 12.1. The van der Waals surface area contributed by atoms with E-state index in [0.717, 1.165) is 17.7 Å². The number of halogens is 2. The van der Waals surface area contributed by atoms with Crippen LogP contribution in [0, 0.1) is 23.0 Å². The van der Waals surface area contributed by atoms with Gasteiger partial charge in [-0.2, -0.15) is 5.26 Å². The molecular weight excluding hydrogens is 286 g/mol. The van der Waals surface area contributed by atoms with Gasteiger partial charge >= 0.3 is 0 Å². The maximum Gasteiger partial charge on any atom is 0.132 e. The fraction of sp³-hybridized carbons (Fsp3) is 0.235. The van der Waals surface area contributed by atoms with E-state index in [1.165, 1.54) is 13.0 Å². The molecule has 2 N–H and O–H groups in total. The van der Waals surface area contributed by atoms with Crippen molar-refractivity contribution in [3.63, 3.8) is 0 Å². The Bertz CT molecular complexity index is 708. The molecule has 0 aromatic heterocycles. The van der Waals surface area contributed by atoms with Crippen molar-refractivity contribution in [3.8, 4) is 6.07 Å². The minimum Gasteiger partial charge on any atom is -0.384 e. The number of hydrogen-bond donors (Lipinski definition) is 2. The van der Waals surface area contributed by atoms with E-state index in [0.29, 0.717) is 12.1 Å². The molecule has 0 bridgehead atoms. The zero-order chi connectivity index (χ0) is 16.2. The molecule has 0 aliphatic carbocycles. The fourth-order valence-corrected chi connectivity index (χ4v) is 2.22. The molecule has 0 radical (unpaired) electrons. The standard InChI is InChI=1S/C17H16F2N2O/c1-17(22,15-6-5-14(18)8-16(15)19)11-21-10-13-4-2-3-12(7-13)9-20/h2-8,21-22H,10-11H2,1H3. The van der Waals surface area contributed by atoms with Gasteiger partial charge in [-0.25, -0.2) is 8.78 Å². The number of aliphatic hydroxyl groups is 1. The smallest absolute Gasteiger partial charge is 0.132 e. The molecular formula is C17H16F2N2O. The van der Waals surface area contributed by atoms with Gasteiger partial charge in [0.15, 0.2) is 0 Å². The Morgan fingerprint density at radius 1 is 1.23 bits per heavy atom. The van der Waals surface area contributed by atoms with Gasteiger partial charge in [0.2, 0.25) is 0 Å². The molecule has 0 amide bonds. The Kier molecular flexibility index (Phi) is 4.86. The fourth-order valence-electron chi connectivity index (χ4n) is 2.22. The van der Waals surface area contributed by atoms with Crippen molar-refractivity contribution in [2.45, 2.75) is 19.1 Å². The first-order valence-corrected chi connectivity index (χ1v) is 6.80. The van der Waals surface area contributed by atoms with Gasteiger partial charge in [-0.15, -0.1) is 0 Å². The van der Waals surface area contributed by atoms with Gasteiger partial charge in [0.1, 0.15) is 17.2 Å². The maximum absolute atomic E-state index is 13.7. The van der Waals surface area contributed by atoms with Gasteiger partial charge in [-0.05, 0) is 30.7 Å². The van der Waals surface area contributed by atoms with Crippen LogP contribution in [-0.2, 0) is 12.1 Å². The third-order valence-electron chi connectivity index (χ3n) is 3.37. The first-order chi connectivity index (χ1) is 10.4. The SMILES string of the molecule is CC(O)(CNCc1cccc(C#N)c1)c1ccc(F)cc1F. The molecule has 0 fully saturated rings. The van der Waals surface area contributed by atoms with Gasteiger partial charge in [-0.3, -0.25) is 0 Å². The van der Waals surface area contributed by atoms with E-state index in [4.69, 9.17) is 5.26 Å². The third kappa shape index (κ3) is 3.88. The van der Waals surface area contributed by atoms with Crippen molar-refractivity contribution in [3.05, 3.63) is 70.8 Å². The number of nitriles is 1. The van der Waals surface area contributed by atoms with Crippen molar-refractivity contribution in [1.29, 1.82) is 5.26 Å². The van der Waals surface area contributed by atoms with Crippen LogP contribution in [-0.4, -0.2) is 11.7 Å². The molecule has 0 saturated carbocycles. The van der Waals surface area contributed by atoms with Gasteiger partial charge < -0.3 is 10.4 Å². The first kappa shape index (κ1) is 16.1. The molecule has 22 heavy (non-hydrogen) atoms. The lowest BCUT2D eigenvalue weighted by atomic mass is 9.95. The molecule has 114 valence electrons. The molecule has 0 saturated heterocycles. The van der Waals surface area contributed by atoms with Crippen molar-refractivity contribution < 1.29 is 13.9 Å². The highest BCUT2D eigenvalue weighted by molar-refractivity contribution is 5.32. The van der Waals surface area contributed by atoms with Gasteiger partial charge in [0, 0.05) is 24.7 Å². The predicted molar refractivity (Wildman–Crippen MR) is 78.8 cm³/mol. The predicted octanol–water partition coefficient (Wildman–Crippen LogP) is 2.83. The minimum absolute atomic E-state index is 0.0344. The van der Waals surface area contributed by atoms with Crippen LogP contribution in [0.15, 0.2) is 42.5 Å². The summed E-state index contributed by atoms with van der Waals surface area (Å²) in [5.41, 5.74) is 0.00203. The summed E-state index contributed by atoms with van der Waals surface area (Å²) in [7, 11) is 0. The summed E-state index contributed by atoms with van der Waals surface area (Å²) < 4.78 is 26.6. The average molecular weight is 302 g/mol. The van der Waals surface area contributed by atoms with E-state index < -0.39 is 17.2 Å². The molecule has 2 aromatic carbocycles. The Balaban J connectivity index is 2.02. The molecule has 1 atom stereocenters. The quantitative estimate of drug-likeness (QED) is 0.893. The Labute approximate surface area is 127 Å². The zero-order valence-electron chi connectivity index (χ0n) is 12.1. The maximum atomic E-state index is 13.7. The van der Waals surface area contributed by atoms with Gasteiger partial charge in [0.25, 0.3) is 0 Å². The summed E-state index contributed by atoms with van der Waals surface area (Å²) >= 11 is 0. The Morgan fingerprint density at radius 2 is 2.00 bits per heavy atom. The summed E-state index contributed by atoms with van der Waals surface area (Å²) in [4.78, 5) is 0. The largest absolute Gasteiger partial charge is 0.384 e. The minimum atomic E-state index is -1.47. The molecule has 0 aliphatic rings. The lowest BCUT2D eigenvalue weighted by molar-refractivity contribution is 0.0528. The number of rotatable bonds is 5. The average Bonchev–Trinajstić information content (AvgIpc) is 2.47. The van der Waals surface area contributed by atoms with Gasteiger partial charge in [-0.1, -0.05) is 18.2 Å². The van der Waals surface area contributed by atoms with Crippen LogP contribution in [0.5, 0.6) is 0 Å². The van der Waals surface area contributed by atoms with E-state index in [2.05, 4.69) is 11.4 Å². The lowest BCUT2D eigenvalue weighted by Gasteiger charge is -2.25. The van der Waals surface area contributed by atoms with Crippen LogP contribution in [0.2, 0.25) is 0 Å². The van der Waals surface area contributed by atoms with Crippen LogP contribution < -0.4 is 5.32 Å². The molecule has 3 nitrogen and oxygen atoms in total. The normalized spacial score (nSPS) is 13.4. The van der Waals surface area contributed by atoms with Crippen molar-refractivity contribution in [1.82, 2.24) is 5.32 Å². The molecule has 0 heterocycles. The molecule has 2 aromatic rings. The second-order valence-corrected chi connectivity index (χ2v) is 5.31. The molecule has 5 heteroatoms. The first-order valence-electron chi connectivity index (χ1n) is 6.80. The van der Waals surface area contributed by atoms with Crippen molar-refractivity contribution in [2.24, 2.45) is 0 Å². The molecule has 1 unspecified atom stereocenters. The van der Waals surface area contributed by atoms with Crippen LogP contribution in [0.4, 0.5) is 8.78 Å².